The highest BCUT2D eigenvalue weighted by atomic mass is 16.3. The van der Waals surface area contributed by atoms with Gasteiger partial charge in [0.1, 0.15) is 0 Å². The summed E-state index contributed by atoms with van der Waals surface area (Å²) in [5.74, 6) is 0. The molecule has 2 heteroatoms. The van der Waals surface area contributed by atoms with Crippen LogP contribution in [-0.2, 0) is 0 Å². The van der Waals surface area contributed by atoms with Crippen LogP contribution in [0.5, 0.6) is 0 Å². The highest BCUT2D eigenvalue weighted by molar-refractivity contribution is 5.49. The minimum Gasteiger partial charge on any atom is -0.395 e. The summed E-state index contributed by atoms with van der Waals surface area (Å²) in [6.07, 6.45) is 0. The van der Waals surface area contributed by atoms with Crippen LogP contribution in [0.3, 0.4) is 0 Å². The zero-order valence-corrected chi connectivity index (χ0v) is 6.67. The lowest BCUT2D eigenvalue weighted by molar-refractivity contribution is 0.311. The Morgan fingerprint density at radius 1 is 1.36 bits per heavy atom. The molecule has 60 valence electrons. The number of anilines is 1. The minimum absolute atomic E-state index is 0.175. The van der Waals surface area contributed by atoms with Gasteiger partial charge in [0, 0.05) is 12.2 Å². The first kappa shape index (κ1) is 8.08. The Labute approximate surface area is 66.9 Å². The third-order valence-corrected chi connectivity index (χ3v) is 1.57. The Bertz CT molecular complexity index is 223. The molecule has 0 saturated heterocycles. The van der Waals surface area contributed by atoms with Crippen molar-refractivity contribution in [1.82, 2.24) is 0 Å². The predicted octanol–water partition coefficient (Wildman–Crippen LogP) is 1.40. The summed E-state index contributed by atoms with van der Waals surface area (Å²) in [7, 11) is 0. The maximum atomic E-state index is 8.56. The Kier molecular flexibility index (Phi) is 2.93. The van der Waals surface area contributed by atoms with Crippen LogP contribution in [0.2, 0.25) is 0 Å². The van der Waals surface area contributed by atoms with Gasteiger partial charge < -0.3 is 10.4 Å². The zero-order valence-electron chi connectivity index (χ0n) is 6.67. The Hall–Kier alpha value is -1.02. The van der Waals surface area contributed by atoms with Crippen molar-refractivity contribution in [3.8, 4) is 0 Å². The van der Waals surface area contributed by atoms with Crippen LogP contribution in [0.1, 0.15) is 5.56 Å². The number of aliphatic hydroxyl groups excluding tert-OH is 1. The molecule has 0 saturated carbocycles. The third-order valence-electron chi connectivity index (χ3n) is 1.57. The molecule has 2 nitrogen and oxygen atoms in total. The van der Waals surface area contributed by atoms with Crippen LogP contribution < -0.4 is 5.32 Å². The van der Waals surface area contributed by atoms with Gasteiger partial charge in [-0.25, -0.2) is 0 Å². The highest BCUT2D eigenvalue weighted by Crippen LogP contribution is 2.11. The molecule has 0 fully saturated rings. The molecule has 0 aliphatic heterocycles. The molecular formula is C9H13NO. The number of nitrogens with one attached hydrogen (secondary N) is 1. The van der Waals surface area contributed by atoms with E-state index in [1.54, 1.807) is 0 Å². The summed E-state index contributed by atoms with van der Waals surface area (Å²) in [6.45, 7) is 2.83. The monoisotopic (exact) mass is 151 g/mol. The average molecular weight is 151 g/mol. The number of para-hydroxylation sites is 1. The molecule has 0 amide bonds. The van der Waals surface area contributed by atoms with Gasteiger partial charge in [-0.3, -0.25) is 0 Å². The first-order chi connectivity index (χ1) is 5.34. The fourth-order valence-electron chi connectivity index (χ4n) is 0.962. The first-order valence-electron chi connectivity index (χ1n) is 3.75. The molecule has 0 bridgehead atoms. The van der Waals surface area contributed by atoms with E-state index in [4.69, 9.17) is 5.11 Å². The van der Waals surface area contributed by atoms with Gasteiger partial charge in [-0.05, 0) is 18.6 Å². The minimum atomic E-state index is 0.175. The van der Waals surface area contributed by atoms with Crippen molar-refractivity contribution in [2.24, 2.45) is 0 Å². The molecule has 11 heavy (non-hydrogen) atoms. The van der Waals surface area contributed by atoms with Crippen LogP contribution in [0.4, 0.5) is 5.69 Å². The summed E-state index contributed by atoms with van der Waals surface area (Å²) in [4.78, 5) is 0. The van der Waals surface area contributed by atoms with Crippen molar-refractivity contribution < 1.29 is 5.11 Å². The fraction of sp³-hybridized carbons (Fsp3) is 0.333. The number of aryl methyl sites for hydroxylation is 1. The Balaban J connectivity index is 2.62. The second-order valence-electron chi connectivity index (χ2n) is 2.47. The molecule has 1 aromatic rings. The molecule has 1 rings (SSSR count). The molecule has 0 aromatic heterocycles. The maximum Gasteiger partial charge on any atom is 0.0604 e. The second-order valence-corrected chi connectivity index (χ2v) is 2.47. The largest absolute Gasteiger partial charge is 0.395 e. The van der Waals surface area contributed by atoms with Gasteiger partial charge in [0.2, 0.25) is 0 Å². The number of benzene rings is 1. The van der Waals surface area contributed by atoms with Gasteiger partial charge in [-0.15, -0.1) is 0 Å². The van der Waals surface area contributed by atoms with E-state index in [1.165, 1.54) is 5.56 Å². The van der Waals surface area contributed by atoms with E-state index in [2.05, 4.69) is 5.32 Å². The number of rotatable bonds is 3. The van der Waals surface area contributed by atoms with Gasteiger partial charge in [0.15, 0.2) is 0 Å². The topological polar surface area (TPSA) is 32.3 Å². The molecule has 0 atom stereocenters. The quantitative estimate of drug-likeness (QED) is 0.684. The van der Waals surface area contributed by atoms with Crippen LogP contribution in [-0.4, -0.2) is 18.3 Å². The van der Waals surface area contributed by atoms with E-state index in [9.17, 15) is 0 Å². The first-order valence-corrected chi connectivity index (χ1v) is 3.75. The average Bonchev–Trinajstić information content (AvgIpc) is 2.03. The summed E-state index contributed by atoms with van der Waals surface area (Å²) in [5.41, 5.74) is 2.31. The van der Waals surface area contributed by atoms with Crippen molar-refractivity contribution in [1.29, 1.82) is 0 Å². The van der Waals surface area contributed by atoms with Crippen molar-refractivity contribution in [2.75, 3.05) is 18.5 Å². The van der Waals surface area contributed by atoms with E-state index < -0.39 is 0 Å². The standard InChI is InChI=1S/C9H13NO/c1-8-4-2-3-5-9(8)10-6-7-11/h2-5,10-11H,6-7H2,1H3. The summed E-state index contributed by atoms with van der Waals surface area (Å²) < 4.78 is 0. The Morgan fingerprint density at radius 3 is 2.73 bits per heavy atom. The van der Waals surface area contributed by atoms with Gasteiger partial charge >= 0.3 is 0 Å². The SMILES string of the molecule is Cc1ccccc1NCCO. The molecule has 0 aliphatic carbocycles. The normalized spacial score (nSPS) is 9.64. The summed E-state index contributed by atoms with van der Waals surface area (Å²) in [6, 6.07) is 8.02. The summed E-state index contributed by atoms with van der Waals surface area (Å²) >= 11 is 0. The van der Waals surface area contributed by atoms with Crippen molar-refractivity contribution in [2.45, 2.75) is 6.92 Å². The predicted molar refractivity (Wildman–Crippen MR) is 46.8 cm³/mol. The molecular weight excluding hydrogens is 138 g/mol. The van der Waals surface area contributed by atoms with Gasteiger partial charge in [0.05, 0.1) is 6.61 Å². The van der Waals surface area contributed by atoms with Crippen molar-refractivity contribution in [3.63, 3.8) is 0 Å². The lowest BCUT2D eigenvalue weighted by Crippen LogP contribution is -2.06. The van der Waals surface area contributed by atoms with Crippen LogP contribution in [0, 0.1) is 6.92 Å². The number of hydrogen-bond donors (Lipinski definition) is 2. The van der Waals surface area contributed by atoms with Crippen molar-refractivity contribution >= 4 is 5.69 Å². The van der Waals surface area contributed by atoms with Gasteiger partial charge in [-0.1, -0.05) is 18.2 Å². The Morgan fingerprint density at radius 2 is 2.09 bits per heavy atom. The third kappa shape index (κ3) is 2.24. The number of hydrogen-bond acceptors (Lipinski definition) is 2. The maximum absolute atomic E-state index is 8.56. The van der Waals surface area contributed by atoms with Gasteiger partial charge in [-0.2, -0.15) is 0 Å². The van der Waals surface area contributed by atoms with E-state index >= 15 is 0 Å². The lowest BCUT2D eigenvalue weighted by Gasteiger charge is -2.06. The molecule has 0 heterocycles. The fourth-order valence-corrected chi connectivity index (χ4v) is 0.962. The highest BCUT2D eigenvalue weighted by Gasteiger charge is 1.92. The number of aliphatic hydroxyl groups is 1. The van der Waals surface area contributed by atoms with Crippen LogP contribution >= 0.6 is 0 Å². The molecule has 0 aliphatic rings. The summed E-state index contributed by atoms with van der Waals surface area (Å²) in [5, 5.41) is 11.7. The molecule has 0 radical (unpaired) electrons. The van der Waals surface area contributed by atoms with Gasteiger partial charge in [0.25, 0.3) is 0 Å². The molecule has 0 unspecified atom stereocenters. The smallest absolute Gasteiger partial charge is 0.0604 e. The van der Waals surface area contributed by atoms with E-state index in [0.29, 0.717) is 6.54 Å². The molecule has 0 spiro atoms. The lowest BCUT2D eigenvalue weighted by atomic mass is 10.2. The zero-order chi connectivity index (χ0) is 8.10. The van der Waals surface area contributed by atoms with Crippen LogP contribution in [0.25, 0.3) is 0 Å². The molecule has 1 aromatic carbocycles. The van der Waals surface area contributed by atoms with E-state index in [-0.39, 0.29) is 6.61 Å². The van der Waals surface area contributed by atoms with Crippen LogP contribution in [0.15, 0.2) is 24.3 Å². The van der Waals surface area contributed by atoms with Crippen molar-refractivity contribution in [3.05, 3.63) is 29.8 Å². The second kappa shape index (κ2) is 3.98. The van der Waals surface area contributed by atoms with E-state index in [0.717, 1.165) is 5.69 Å². The molecule has 2 N–H and O–H groups in total. The van der Waals surface area contributed by atoms with E-state index in [1.807, 2.05) is 31.2 Å².